The lowest BCUT2D eigenvalue weighted by Crippen LogP contribution is -2.28. The summed E-state index contributed by atoms with van der Waals surface area (Å²) in [7, 11) is -1.69. The highest BCUT2D eigenvalue weighted by Gasteiger charge is 2.17. The number of unbranched alkanes of at least 4 members (excludes halogenated alkanes) is 1. The van der Waals surface area contributed by atoms with Crippen LogP contribution in [-0.2, 0) is 16.6 Å². The van der Waals surface area contributed by atoms with Crippen LogP contribution in [0.2, 0.25) is 0 Å². The SMILES string of the molecule is CCCCS(=O)(=O)N(C)Cc1ccc(C(=O)O)cc1. The highest BCUT2D eigenvalue weighted by molar-refractivity contribution is 7.89. The molecule has 0 aliphatic rings. The molecule has 0 fully saturated rings. The highest BCUT2D eigenvalue weighted by atomic mass is 32.2. The van der Waals surface area contributed by atoms with Crippen molar-refractivity contribution in [2.24, 2.45) is 0 Å². The second kappa shape index (κ2) is 6.68. The Kier molecular flexibility index (Phi) is 5.50. The summed E-state index contributed by atoms with van der Waals surface area (Å²) in [4.78, 5) is 10.7. The van der Waals surface area contributed by atoms with Crippen LogP contribution in [-0.4, -0.2) is 36.6 Å². The fraction of sp³-hybridized carbons (Fsp3) is 0.462. The van der Waals surface area contributed by atoms with E-state index in [1.807, 2.05) is 6.92 Å². The van der Waals surface area contributed by atoms with E-state index in [4.69, 9.17) is 5.11 Å². The molecule has 1 aromatic carbocycles. The van der Waals surface area contributed by atoms with E-state index in [9.17, 15) is 13.2 Å². The van der Waals surface area contributed by atoms with E-state index >= 15 is 0 Å². The number of carboxylic acid groups (broad SMARTS) is 1. The normalized spacial score (nSPS) is 11.7. The van der Waals surface area contributed by atoms with Gasteiger partial charge in [0, 0.05) is 13.6 Å². The van der Waals surface area contributed by atoms with Crippen LogP contribution in [0.25, 0.3) is 0 Å². The van der Waals surface area contributed by atoms with Gasteiger partial charge in [0.25, 0.3) is 0 Å². The summed E-state index contributed by atoms with van der Waals surface area (Å²) in [6.07, 6.45) is 1.48. The minimum atomic E-state index is -3.23. The lowest BCUT2D eigenvalue weighted by Gasteiger charge is -2.17. The molecule has 106 valence electrons. The fourth-order valence-electron chi connectivity index (χ4n) is 1.59. The lowest BCUT2D eigenvalue weighted by atomic mass is 10.1. The van der Waals surface area contributed by atoms with Gasteiger partial charge in [-0.15, -0.1) is 0 Å². The van der Waals surface area contributed by atoms with Gasteiger partial charge in [-0.1, -0.05) is 25.5 Å². The maximum atomic E-state index is 11.9. The number of hydrogen-bond donors (Lipinski definition) is 1. The number of rotatable bonds is 7. The Labute approximate surface area is 113 Å². The molecule has 0 aliphatic heterocycles. The van der Waals surface area contributed by atoms with Crippen LogP contribution in [0.4, 0.5) is 0 Å². The first kappa shape index (κ1) is 15.7. The van der Waals surface area contributed by atoms with Crippen LogP contribution >= 0.6 is 0 Å². The maximum Gasteiger partial charge on any atom is 0.335 e. The van der Waals surface area contributed by atoms with Gasteiger partial charge in [0.15, 0.2) is 0 Å². The summed E-state index contributed by atoms with van der Waals surface area (Å²) >= 11 is 0. The number of carboxylic acids is 1. The van der Waals surface area contributed by atoms with Crippen LogP contribution < -0.4 is 0 Å². The van der Waals surface area contributed by atoms with Crippen LogP contribution in [0.15, 0.2) is 24.3 Å². The summed E-state index contributed by atoms with van der Waals surface area (Å²) < 4.78 is 25.1. The molecule has 0 atom stereocenters. The molecule has 1 aromatic rings. The second-order valence-corrected chi connectivity index (χ2v) is 6.62. The summed E-state index contributed by atoms with van der Waals surface area (Å²) in [5, 5.41) is 8.78. The standard InChI is InChI=1S/C13H19NO4S/c1-3-4-9-19(17,18)14(2)10-11-5-7-12(8-6-11)13(15)16/h5-8H,3-4,9-10H2,1-2H3,(H,15,16). The molecule has 0 amide bonds. The third-order valence-corrected chi connectivity index (χ3v) is 4.72. The van der Waals surface area contributed by atoms with Crippen molar-refractivity contribution in [3.05, 3.63) is 35.4 Å². The van der Waals surface area contributed by atoms with E-state index in [1.165, 1.54) is 23.5 Å². The van der Waals surface area contributed by atoms with Crippen molar-refractivity contribution in [3.8, 4) is 0 Å². The van der Waals surface area contributed by atoms with E-state index in [0.717, 1.165) is 12.0 Å². The Morgan fingerprint density at radius 2 is 1.84 bits per heavy atom. The van der Waals surface area contributed by atoms with Crippen molar-refractivity contribution >= 4 is 16.0 Å². The molecule has 0 heterocycles. The molecule has 0 saturated carbocycles. The van der Waals surface area contributed by atoms with E-state index in [2.05, 4.69) is 0 Å². The predicted molar refractivity (Wildman–Crippen MR) is 73.6 cm³/mol. The van der Waals surface area contributed by atoms with Gasteiger partial charge in [-0.3, -0.25) is 0 Å². The van der Waals surface area contributed by atoms with Gasteiger partial charge in [0.1, 0.15) is 0 Å². The zero-order valence-corrected chi connectivity index (χ0v) is 12.0. The number of nitrogens with zero attached hydrogens (tertiary/aromatic N) is 1. The van der Waals surface area contributed by atoms with Crippen molar-refractivity contribution in [1.29, 1.82) is 0 Å². The largest absolute Gasteiger partial charge is 0.478 e. The Morgan fingerprint density at radius 3 is 2.32 bits per heavy atom. The van der Waals surface area contributed by atoms with Gasteiger partial charge < -0.3 is 5.11 Å². The average molecular weight is 285 g/mol. The average Bonchev–Trinajstić information content (AvgIpc) is 2.37. The second-order valence-electron chi connectivity index (χ2n) is 4.43. The summed E-state index contributed by atoms with van der Waals surface area (Å²) in [6, 6.07) is 6.22. The third kappa shape index (κ3) is 4.65. The minimum absolute atomic E-state index is 0.146. The Balaban J connectivity index is 2.71. The van der Waals surface area contributed by atoms with E-state index < -0.39 is 16.0 Å². The number of benzene rings is 1. The monoisotopic (exact) mass is 285 g/mol. The van der Waals surface area contributed by atoms with E-state index in [0.29, 0.717) is 6.42 Å². The Bertz CT molecular complexity index is 522. The molecule has 0 aliphatic carbocycles. The zero-order valence-electron chi connectivity index (χ0n) is 11.2. The molecule has 0 bridgehead atoms. The van der Waals surface area contributed by atoms with E-state index in [-0.39, 0.29) is 17.9 Å². The topological polar surface area (TPSA) is 74.7 Å². The van der Waals surface area contributed by atoms with Crippen molar-refractivity contribution in [2.75, 3.05) is 12.8 Å². The van der Waals surface area contributed by atoms with Crippen molar-refractivity contribution < 1.29 is 18.3 Å². The Morgan fingerprint density at radius 1 is 1.26 bits per heavy atom. The number of sulfonamides is 1. The predicted octanol–water partition coefficient (Wildman–Crippen LogP) is 1.95. The molecule has 6 heteroatoms. The van der Waals surface area contributed by atoms with Crippen LogP contribution in [0, 0.1) is 0 Å². The summed E-state index contributed by atoms with van der Waals surface area (Å²) in [5.41, 5.74) is 0.966. The molecule has 1 rings (SSSR count). The van der Waals surface area contributed by atoms with Gasteiger partial charge in [0.2, 0.25) is 10.0 Å². The van der Waals surface area contributed by atoms with E-state index in [1.54, 1.807) is 12.1 Å². The minimum Gasteiger partial charge on any atom is -0.478 e. The smallest absolute Gasteiger partial charge is 0.335 e. The molecular formula is C13H19NO4S. The molecular weight excluding hydrogens is 266 g/mol. The van der Waals surface area contributed by atoms with Crippen molar-refractivity contribution in [1.82, 2.24) is 4.31 Å². The third-order valence-electron chi connectivity index (χ3n) is 2.84. The van der Waals surface area contributed by atoms with Crippen molar-refractivity contribution in [3.63, 3.8) is 0 Å². The molecule has 0 unspecified atom stereocenters. The number of hydrogen-bond acceptors (Lipinski definition) is 3. The zero-order chi connectivity index (χ0) is 14.5. The molecule has 5 nitrogen and oxygen atoms in total. The first-order valence-corrected chi connectivity index (χ1v) is 7.74. The number of carbonyl (C=O) groups is 1. The van der Waals surface area contributed by atoms with Gasteiger partial charge in [0.05, 0.1) is 11.3 Å². The molecule has 0 saturated heterocycles. The van der Waals surface area contributed by atoms with Crippen LogP contribution in [0.1, 0.15) is 35.7 Å². The molecule has 0 radical (unpaired) electrons. The summed E-state index contributed by atoms with van der Waals surface area (Å²) in [6.45, 7) is 2.20. The molecule has 1 N–H and O–H groups in total. The Hall–Kier alpha value is -1.40. The fourth-order valence-corrected chi connectivity index (χ4v) is 2.90. The van der Waals surface area contributed by atoms with Gasteiger partial charge >= 0.3 is 5.97 Å². The van der Waals surface area contributed by atoms with Gasteiger partial charge in [-0.05, 0) is 24.1 Å². The molecule has 0 aromatic heterocycles. The first-order chi connectivity index (χ1) is 8.86. The van der Waals surface area contributed by atoms with Crippen molar-refractivity contribution in [2.45, 2.75) is 26.3 Å². The quantitative estimate of drug-likeness (QED) is 0.831. The summed E-state index contributed by atoms with van der Waals surface area (Å²) in [5.74, 6) is -0.844. The highest BCUT2D eigenvalue weighted by Crippen LogP contribution is 2.10. The number of aromatic carboxylic acids is 1. The van der Waals surface area contributed by atoms with Gasteiger partial charge in [-0.2, -0.15) is 0 Å². The van der Waals surface area contributed by atoms with Crippen LogP contribution in [0.5, 0.6) is 0 Å². The lowest BCUT2D eigenvalue weighted by molar-refractivity contribution is 0.0697. The maximum absolute atomic E-state index is 11.9. The molecule has 0 spiro atoms. The van der Waals surface area contributed by atoms with Crippen LogP contribution in [0.3, 0.4) is 0 Å². The van der Waals surface area contributed by atoms with Gasteiger partial charge in [-0.25, -0.2) is 17.5 Å². The molecule has 19 heavy (non-hydrogen) atoms. The first-order valence-electron chi connectivity index (χ1n) is 6.13.